The molecule has 0 bridgehead atoms. The molecule has 0 aliphatic rings. The van der Waals surface area contributed by atoms with Gasteiger partial charge in [0.15, 0.2) is 5.78 Å². The van der Waals surface area contributed by atoms with Crippen molar-refractivity contribution in [1.82, 2.24) is 0 Å². The number of halogens is 3. The number of ether oxygens (including phenoxy) is 1. The first kappa shape index (κ1) is 30.0. The van der Waals surface area contributed by atoms with Crippen LogP contribution in [0.5, 0.6) is 0 Å². The van der Waals surface area contributed by atoms with Gasteiger partial charge in [-0.1, -0.05) is 70.6 Å². The molecule has 4 nitrogen and oxygen atoms in total. The van der Waals surface area contributed by atoms with Gasteiger partial charge in [-0.25, -0.2) is 0 Å². The Morgan fingerprint density at radius 3 is 1.71 bits per heavy atom. The smallest absolute Gasteiger partial charge is 0.389 e. The third-order valence-electron chi connectivity index (χ3n) is 5.78. The molecule has 0 aliphatic carbocycles. The van der Waals surface area contributed by atoms with E-state index >= 15 is 0 Å². The van der Waals surface area contributed by atoms with Crippen molar-refractivity contribution >= 4 is 17.4 Å². The van der Waals surface area contributed by atoms with Crippen molar-refractivity contribution in [2.24, 2.45) is 0 Å². The summed E-state index contributed by atoms with van der Waals surface area (Å²) in [5.74, 6) is -0.726. The number of anilines is 1. The van der Waals surface area contributed by atoms with Gasteiger partial charge in [0.2, 0.25) is 0 Å². The Morgan fingerprint density at radius 1 is 0.765 bits per heavy atom. The minimum atomic E-state index is -4.00. The fourth-order valence-electron chi connectivity index (χ4n) is 3.85. The molecule has 0 aliphatic heterocycles. The number of esters is 1. The van der Waals surface area contributed by atoms with Crippen LogP contribution in [0, 0.1) is 0 Å². The molecule has 1 rings (SSSR count). The molecule has 0 spiro atoms. The summed E-state index contributed by atoms with van der Waals surface area (Å²) in [7, 11) is 0. The van der Waals surface area contributed by atoms with E-state index in [1.54, 1.807) is 19.1 Å². The molecule has 0 fully saturated rings. The predicted molar refractivity (Wildman–Crippen MR) is 131 cm³/mol. The van der Waals surface area contributed by atoms with Crippen molar-refractivity contribution in [3.8, 4) is 0 Å². The second-order valence-corrected chi connectivity index (χ2v) is 8.87. The van der Waals surface area contributed by atoms with E-state index in [0.717, 1.165) is 37.9 Å². The highest BCUT2D eigenvalue weighted by Crippen LogP contribution is 2.23. The monoisotopic (exact) mass is 485 g/mol. The van der Waals surface area contributed by atoms with E-state index in [4.69, 9.17) is 4.74 Å². The number of benzene rings is 1. The third-order valence-corrected chi connectivity index (χ3v) is 5.78. The first-order chi connectivity index (χ1) is 16.3. The highest BCUT2D eigenvalue weighted by Gasteiger charge is 2.25. The van der Waals surface area contributed by atoms with Gasteiger partial charge in [0, 0.05) is 24.2 Å². The van der Waals surface area contributed by atoms with Crippen LogP contribution in [0.2, 0.25) is 0 Å². The Morgan fingerprint density at radius 2 is 1.24 bits per heavy atom. The largest absolute Gasteiger partial charge is 0.466 e. The number of carbonyl (C=O) groups is 2. The number of alkyl halides is 3. The van der Waals surface area contributed by atoms with E-state index in [0.29, 0.717) is 12.0 Å². The summed E-state index contributed by atoms with van der Waals surface area (Å²) in [6.45, 7) is 2.88. The van der Waals surface area contributed by atoms with Crippen LogP contribution in [-0.4, -0.2) is 31.1 Å². The second kappa shape index (κ2) is 18.3. The first-order valence-corrected chi connectivity index (χ1v) is 12.9. The van der Waals surface area contributed by atoms with Crippen LogP contribution >= 0.6 is 0 Å². The molecule has 0 unspecified atom stereocenters. The predicted octanol–water partition coefficient (Wildman–Crippen LogP) is 8.26. The summed E-state index contributed by atoms with van der Waals surface area (Å²) in [5.41, 5.74) is 1.48. The summed E-state index contributed by atoms with van der Waals surface area (Å²) in [6.07, 6.45) is 8.86. The highest BCUT2D eigenvalue weighted by atomic mass is 19.4. The van der Waals surface area contributed by atoms with Crippen LogP contribution in [0.4, 0.5) is 18.9 Å². The molecule has 1 aromatic rings. The summed E-state index contributed by atoms with van der Waals surface area (Å²) >= 11 is 0. The lowest BCUT2D eigenvalue weighted by atomic mass is 10.0. The quantitative estimate of drug-likeness (QED) is 0.0874. The molecule has 0 atom stereocenters. The van der Waals surface area contributed by atoms with Crippen molar-refractivity contribution in [2.75, 3.05) is 18.5 Å². The summed E-state index contributed by atoms with van der Waals surface area (Å²) < 4.78 is 40.9. The number of ketones is 1. The summed E-state index contributed by atoms with van der Waals surface area (Å²) in [6, 6.07) is 7.19. The number of hydrogen-bond donors (Lipinski definition) is 1. The molecule has 1 aromatic carbocycles. The Hall–Kier alpha value is -2.05. The number of nitrogens with one attached hydrogen (secondary N) is 1. The maximum absolute atomic E-state index is 12.0. The van der Waals surface area contributed by atoms with Gasteiger partial charge in [0.25, 0.3) is 0 Å². The number of carbonyl (C=O) groups excluding carboxylic acids is 2. The molecule has 7 heteroatoms. The summed E-state index contributed by atoms with van der Waals surface area (Å²) in [4.78, 5) is 23.4. The van der Waals surface area contributed by atoms with Gasteiger partial charge in [-0.05, 0) is 44.0 Å². The summed E-state index contributed by atoms with van der Waals surface area (Å²) in [5, 5.41) is 3.36. The minimum absolute atomic E-state index is 0.227. The van der Waals surface area contributed by atoms with E-state index in [-0.39, 0.29) is 25.2 Å². The van der Waals surface area contributed by atoms with Crippen LogP contribution in [0.15, 0.2) is 24.3 Å². The highest BCUT2D eigenvalue weighted by molar-refractivity contribution is 6.06. The molecule has 0 amide bonds. The minimum Gasteiger partial charge on any atom is -0.466 e. The van der Waals surface area contributed by atoms with E-state index in [1.807, 2.05) is 12.1 Å². The molecule has 1 N–H and O–H groups in total. The maximum Gasteiger partial charge on any atom is 0.389 e. The van der Waals surface area contributed by atoms with Crippen molar-refractivity contribution in [2.45, 2.75) is 109 Å². The number of unbranched alkanes of at least 4 members (excludes halogenated alkanes) is 12. The Labute approximate surface area is 203 Å². The van der Waals surface area contributed by atoms with Gasteiger partial charge in [-0.2, -0.15) is 13.2 Å². The normalized spacial score (nSPS) is 11.4. The maximum atomic E-state index is 12.0. The molecule has 0 saturated carbocycles. The SMILES string of the molecule is CCOC(=O)CC(=O)c1ccc(NCCCCCCCCCCCCCCCC(F)(F)F)cc1. The van der Waals surface area contributed by atoms with Gasteiger partial charge >= 0.3 is 12.1 Å². The average molecular weight is 486 g/mol. The molecule has 0 radical (unpaired) electrons. The zero-order valence-electron chi connectivity index (χ0n) is 20.7. The molecule has 34 heavy (non-hydrogen) atoms. The van der Waals surface area contributed by atoms with E-state index in [1.165, 1.54) is 44.9 Å². The van der Waals surface area contributed by atoms with Crippen molar-refractivity contribution in [1.29, 1.82) is 0 Å². The number of Topliss-reactive ketones (excluding diaryl/α,β-unsaturated/α-hetero) is 1. The fourth-order valence-corrected chi connectivity index (χ4v) is 3.85. The number of hydrogen-bond acceptors (Lipinski definition) is 4. The van der Waals surface area contributed by atoms with Crippen molar-refractivity contribution in [3.05, 3.63) is 29.8 Å². The van der Waals surface area contributed by atoms with Gasteiger partial charge in [0.1, 0.15) is 6.42 Å². The molecular weight excluding hydrogens is 443 g/mol. The zero-order chi connectivity index (χ0) is 25.1. The fraction of sp³-hybridized carbons (Fsp3) is 0.704. The van der Waals surface area contributed by atoms with Crippen LogP contribution < -0.4 is 5.32 Å². The van der Waals surface area contributed by atoms with Crippen LogP contribution in [-0.2, 0) is 9.53 Å². The van der Waals surface area contributed by atoms with E-state index < -0.39 is 18.6 Å². The van der Waals surface area contributed by atoms with E-state index in [9.17, 15) is 22.8 Å². The van der Waals surface area contributed by atoms with Gasteiger partial charge in [0.05, 0.1) is 6.61 Å². The lowest BCUT2D eigenvalue weighted by Gasteiger charge is -2.08. The van der Waals surface area contributed by atoms with Crippen LogP contribution in [0.3, 0.4) is 0 Å². The molecule has 0 heterocycles. The standard InChI is InChI=1S/C27H42F3NO3/c1-2-34-26(33)22-25(32)23-16-18-24(19-17-23)31-21-15-13-11-9-7-5-3-4-6-8-10-12-14-20-27(28,29)30/h16-19,31H,2-15,20-22H2,1H3. The lowest BCUT2D eigenvalue weighted by Crippen LogP contribution is -2.11. The van der Waals surface area contributed by atoms with E-state index in [2.05, 4.69) is 5.32 Å². The molecular formula is C27H42F3NO3. The molecule has 194 valence electrons. The lowest BCUT2D eigenvalue weighted by molar-refractivity contribution is -0.142. The van der Waals surface area contributed by atoms with Crippen LogP contribution in [0.1, 0.15) is 114 Å². The Kier molecular flexibility index (Phi) is 16.1. The van der Waals surface area contributed by atoms with Gasteiger partial charge in [-0.15, -0.1) is 0 Å². The van der Waals surface area contributed by atoms with Crippen LogP contribution in [0.25, 0.3) is 0 Å². The average Bonchev–Trinajstić information content (AvgIpc) is 2.78. The molecule has 0 aromatic heterocycles. The number of rotatable bonds is 20. The Balaban J connectivity index is 1.92. The van der Waals surface area contributed by atoms with Crippen molar-refractivity contribution in [3.63, 3.8) is 0 Å². The van der Waals surface area contributed by atoms with Crippen molar-refractivity contribution < 1.29 is 27.5 Å². The third kappa shape index (κ3) is 16.5. The topological polar surface area (TPSA) is 55.4 Å². The first-order valence-electron chi connectivity index (χ1n) is 12.9. The second-order valence-electron chi connectivity index (χ2n) is 8.87. The Bertz CT molecular complexity index is 675. The van der Waals surface area contributed by atoms with Gasteiger partial charge in [-0.3, -0.25) is 9.59 Å². The molecule has 0 saturated heterocycles. The zero-order valence-corrected chi connectivity index (χ0v) is 20.7. The van der Waals surface area contributed by atoms with Gasteiger partial charge < -0.3 is 10.1 Å².